The van der Waals surface area contributed by atoms with E-state index < -0.39 is 47.3 Å². The van der Waals surface area contributed by atoms with Crippen LogP contribution in [0.4, 0.5) is 15.3 Å². The third-order valence-electron chi connectivity index (χ3n) is 10.2. The molecule has 6 N–H and O–H groups in total. The first-order chi connectivity index (χ1) is 33.3. The predicted molar refractivity (Wildman–Crippen MR) is 256 cm³/mol. The number of likely N-dealkylation sites (N-methyl/N-ethyl adjacent to an activating group) is 2. The van der Waals surface area contributed by atoms with E-state index in [1.54, 1.807) is 57.1 Å². The van der Waals surface area contributed by atoms with Gasteiger partial charge < -0.3 is 70.0 Å². The Kier molecular flexibility index (Phi) is 29.1. The van der Waals surface area contributed by atoms with E-state index in [2.05, 4.69) is 21.3 Å². The smallest absolute Gasteiger partial charge is 0.409 e. The first-order valence-corrected chi connectivity index (χ1v) is 23.5. The summed E-state index contributed by atoms with van der Waals surface area (Å²) in [5.41, 5.74) is 5.72. The Morgan fingerprint density at radius 2 is 1.19 bits per heavy atom. The van der Waals surface area contributed by atoms with E-state index >= 15 is 0 Å². The molecule has 1 aromatic carbocycles. The van der Waals surface area contributed by atoms with Gasteiger partial charge in [-0.1, -0.05) is 46.8 Å². The Bertz CT molecular complexity index is 1810. The van der Waals surface area contributed by atoms with Gasteiger partial charge in [0.25, 0.3) is 11.8 Å². The van der Waals surface area contributed by atoms with Gasteiger partial charge in [-0.3, -0.25) is 33.7 Å². The minimum atomic E-state index is -1.04. The molecule has 1 aliphatic heterocycles. The van der Waals surface area contributed by atoms with E-state index in [1.165, 1.54) is 17.1 Å². The maximum atomic E-state index is 13.5. The van der Waals surface area contributed by atoms with Crippen molar-refractivity contribution in [3.05, 3.63) is 42.0 Å². The largest absolute Gasteiger partial charge is 0.445 e. The van der Waals surface area contributed by atoms with Gasteiger partial charge in [0, 0.05) is 63.4 Å². The van der Waals surface area contributed by atoms with Crippen LogP contribution in [0.25, 0.3) is 0 Å². The molecule has 0 saturated heterocycles. The highest BCUT2D eigenvalue weighted by atomic mass is 16.6. The molecule has 0 spiro atoms. The summed E-state index contributed by atoms with van der Waals surface area (Å²) in [4.78, 5) is 103. The molecule has 1 heterocycles. The number of urea groups is 1. The lowest BCUT2D eigenvalue weighted by Gasteiger charge is -2.27. The molecular formula is C47H76N8O15. The zero-order valence-corrected chi connectivity index (χ0v) is 41.9. The molecule has 1 aromatic rings. The van der Waals surface area contributed by atoms with Gasteiger partial charge in [-0.15, -0.1) is 0 Å². The Morgan fingerprint density at radius 3 is 1.69 bits per heavy atom. The van der Waals surface area contributed by atoms with Crippen LogP contribution in [0, 0.1) is 11.3 Å². The van der Waals surface area contributed by atoms with Crippen LogP contribution in [0.15, 0.2) is 36.4 Å². The molecule has 0 bridgehead atoms. The quantitative estimate of drug-likeness (QED) is 0.0466. The topological polar surface area (TPSA) is 285 Å². The van der Waals surface area contributed by atoms with Gasteiger partial charge in [0.15, 0.2) is 0 Å². The standard InChI is InChI=1S/C47H76N8O15/c1-34(2)41(52-38(56)16-21-64-23-25-66-27-29-68-31-32-69-30-28-67-26-24-65-22-20-55-39(57)14-15-40(55)58)43(60)51-37(9-8-17-49-45(48)62)42(59)50-36-12-10-35(11-13-36)33-70-46(63)54(7)19-18-53(6)44(61)47(3,4)5/h10-15,34,37,41H,8-9,16-33H2,1-7H3,(H,50,59)(H,51,60)(H,52,56)(H3,48,49,62)/t37-,41-/m0/s1. The second-order valence-corrected chi connectivity index (χ2v) is 17.5. The Balaban J connectivity index is 1.65. The molecule has 0 radical (unpaired) electrons. The number of benzene rings is 1. The SMILES string of the molecule is CC(C)[C@H](NC(=O)CCOCCOCCOCCOCCOCCOCCN1C(=O)C=CC1=O)C(=O)N[C@@H](CCCNC(N)=O)C(=O)Nc1ccc(COC(=O)N(C)CCN(C)C(=O)C(C)(C)C)cc1. The van der Waals surface area contributed by atoms with Crippen LogP contribution in [0.2, 0.25) is 0 Å². The average Bonchev–Trinajstić information content (AvgIpc) is 3.63. The highest BCUT2D eigenvalue weighted by Gasteiger charge is 2.29. The molecule has 9 amide bonds. The second-order valence-electron chi connectivity index (χ2n) is 17.5. The number of anilines is 1. The molecule has 0 fully saturated rings. The number of imide groups is 1. The van der Waals surface area contributed by atoms with E-state index in [-0.39, 0.29) is 89.1 Å². The summed E-state index contributed by atoms with van der Waals surface area (Å²) in [6, 6.07) is 3.87. The molecular weight excluding hydrogens is 917 g/mol. The number of nitrogens with two attached hydrogens (primary N) is 1. The Hall–Kier alpha value is -5.72. The maximum Gasteiger partial charge on any atom is 0.409 e. The third kappa shape index (κ3) is 25.8. The van der Waals surface area contributed by atoms with Gasteiger partial charge >= 0.3 is 12.1 Å². The van der Waals surface area contributed by atoms with Crippen molar-refractivity contribution in [2.75, 3.05) is 125 Å². The highest BCUT2D eigenvalue weighted by molar-refractivity contribution is 6.12. The van der Waals surface area contributed by atoms with Gasteiger partial charge in [-0.2, -0.15) is 0 Å². The van der Waals surface area contributed by atoms with Crippen molar-refractivity contribution in [1.29, 1.82) is 0 Å². The van der Waals surface area contributed by atoms with Crippen molar-refractivity contribution in [3.63, 3.8) is 0 Å². The van der Waals surface area contributed by atoms with Crippen molar-refractivity contribution >= 4 is 53.3 Å². The van der Waals surface area contributed by atoms with E-state index in [4.69, 9.17) is 38.9 Å². The van der Waals surface area contributed by atoms with E-state index in [0.717, 1.165) is 4.90 Å². The fourth-order valence-electron chi connectivity index (χ4n) is 6.24. The monoisotopic (exact) mass is 993 g/mol. The predicted octanol–water partition coefficient (Wildman–Crippen LogP) is 1.19. The Morgan fingerprint density at radius 1 is 0.686 bits per heavy atom. The number of hydrogen-bond donors (Lipinski definition) is 5. The molecule has 0 aromatic heterocycles. The number of primary amides is 1. The number of carbonyl (C=O) groups excluding carboxylic acids is 8. The summed E-state index contributed by atoms with van der Waals surface area (Å²) in [5.74, 6) is -2.57. The van der Waals surface area contributed by atoms with Crippen LogP contribution in [0.3, 0.4) is 0 Å². The molecule has 2 atom stereocenters. The zero-order valence-electron chi connectivity index (χ0n) is 41.9. The van der Waals surface area contributed by atoms with Gasteiger partial charge in [-0.25, -0.2) is 9.59 Å². The number of ether oxygens (including phenoxy) is 7. The fourth-order valence-corrected chi connectivity index (χ4v) is 6.24. The number of nitrogens with zero attached hydrogens (tertiary/aromatic N) is 3. The molecule has 70 heavy (non-hydrogen) atoms. The van der Waals surface area contributed by atoms with Crippen molar-refractivity contribution in [2.45, 2.75) is 72.6 Å². The zero-order chi connectivity index (χ0) is 51.9. The lowest BCUT2D eigenvalue weighted by molar-refractivity contribution is -0.138. The fraction of sp³-hybridized carbons (Fsp3) is 0.660. The lowest BCUT2D eigenvalue weighted by atomic mass is 9.95. The Labute approximate surface area is 411 Å². The van der Waals surface area contributed by atoms with Gasteiger partial charge in [-0.05, 0) is 36.5 Å². The van der Waals surface area contributed by atoms with E-state index in [1.807, 2.05) is 20.8 Å². The van der Waals surface area contributed by atoms with Gasteiger partial charge in [0.05, 0.1) is 85.8 Å². The first-order valence-electron chi connectivity index (χ1n) is 23.5. The van der Waals surface area contributed by atoms with Crippen molar-refractivity contribution < 1.29 is 71.5 Å². The van der Waals surface area contributed by atoms with Crippen LogP contribution < -0.4 is 27.0 Å². The second kappa shape index (κ2) is 33.7. The molecule has 394 valence electrons. The summed E-state index contributed by atoms with van der Waals surface area (Å²) in [6.07, 6.45) is 2.33. The van der Waals surface area contributed by atoms with Crippen LogP contribution >= 0.6 is 0 Å². The van der Waals surface area contributed by atoms with Gasteiger partial charge in [0.1, 0.15) is 18.7 Å². The number of amides is 9. The van der Waals surface area contributed by atoms with Crippen molar-refractivity contribution in [3.8, 4) is 0 Å². The summed E-state index contributed by atoms with van der Waals surface area (Å²) < 4.78 is 38.2. The third-order valence-corrected chi connectivity index (χ3v) is 10.2. The normalized spacial score (nSPS) is 13.2. The van der Waals surface area contributed by atoms with E-state index in [0.29, 0.717) is 77.1 Å². The molecule has 2 rings (SSSR count). The highest BCUT2D eigenvalue weighted by Crippen LogP contribution is 2.17. The van der Waals surface area contributed by atoms with E-state index in [9.17, 15) is 38.4 Å². The molecule has 23 heteroatoms. The van der Waals surface area contributed by atoms with Crippen molar-refractivity contribution in [2.24, 2.45) is 17.1 Å². The molecule has 0 saturated carbocycles. The number of rotatable bonds is 36. The summed E-state index contributed by atoms with van der Waals surface area (Å²) in [6.45, 7) is 13.7. The lowest BCUT2D eigenvalue weighted by Crippen LogP contribution is -2.54. The van der Waals surface area contributed by atoms with Gasteiger partial charge in [0.2, 0.25) is 23.6 Å². The molecule has 1 aliphatic rings. The summed E-state index contributed by atoms with van der Waals surface area (Å²) in [5, 5.41) is 10.7. The number of nitrogens with one attached hydrogen (secondary N) is 4. The van der Waals surface area contributed by atoms with Crippen molar-refractivity contribution in [1.82, 2.24) is 30.7 Å². The molecule has 0 aliphatic carbocycles. The number of hydrogen-bond acceptors (Lipinski definition) is 15. The minimum Gasteiger partial charge on any atom is -0.445 e. The first kappa shape index (κ1) is 60.4. The molecule has 0 unspecified atom stereocenters. The number of carbonyl (C=O) groups is 8. The average molecular weight is 993 g/mol. The van der Waals surface area contributed by atoms with Crippen LogP contribution in [-0.4, -0.2) is 194 Å². The summed E-state index contributed by atoms with van der Waals surface area (Å²) >= 11 is 0. The minimum absolute atomic E-state index is 0.0201. The summed E-state index contributed by atoms with van der Waals surface area (Å²) in [7, 11) is 3.27. The van der Waals surface area contributed by atoms with Crippen LogP contribution in [0.1, 0.15) is 59.4 Å². The molecule has 23 nitrogen and oxygen atoms in total. The maximum absolute atomic E-state index is 13.5. The van der Waals surface area contributed by atoms with Crippen LogP contribution in [0.5, 0.6) is 0 Å². The van der Waals surface area contributed by atoms with Crippen LogP contribution in [-0.2, 0) is 68.5 Å².